The molecule has 1 aromatic heterocycles. The summed E-state index contributed by atoms with van der Waals surface area (Å²) in [4.78, 5) is 39.8. The van der Waals surface area contributed by atoms with Crippen LogP contribution in [0.4, 0.5) is 0 Å². The third-order valence-electron chi connectivity index (χ3n) is 7.00. The quantitative estimate of drug-likeness (QED) is 0.216. The number of hydrogen-bond donors (Lipinski definition) is 4. The molecule has 0 radical (unpaired) electrons. The summed E-state index contributed by atoms with van der Waals surface area (Å²) in [6, 6.07) is 17.9. The summed E-state index contributed by atoms with van der Waals surface area (Å²) in [6.07, 6.45) is -1.26. The van der Waals surface area contributed by atoms with Crippen molar-refractivity contribution in [2.45, 2.75) is 24.9 Å². The number of aromatic amines is 1. The predicted octanol–water partition coefficient (Wildman–Crippen LogP) is 1.86. The van der Waals surface area contributed by atoms with Crippen LogP contribution in [0.5, 0.6) is 0 Å². The molecule has 4 N–H and O–H groups in total. The van der Waals surface area contributed by atoms with Crippen molar-refractivity contribution in [2.75, 3.05) is 13.2 Å². The van der Waals surface area contributed by atoms with E-state index in [4.69, 9.17) is 4.74 Å². The highest BCUT2D eigenvalue weighted by molar-refractivity contribution is 6.26. The number of amides is 1. The summed E-state index contributed by atoms with van der Waals surface area (Å²) in [5.41, 5.74) is -0.848. The highest BCUT2D eigenvalue weighted by Gasteiger charge is 2.35. The average Bonchev–Trinajstić information content (AvgIpc) is 3.30. The van der Waals surface area contributed by atoms with Gasteiger partial charge >= 0.3 is 5.69 Å². The Balaban J connectivity index is 1.24. The molecule has 1 aliphatic heterocycles. The number of H-pyrrole nitrogens is 1. The molecule has 2 heterocycles. The van der Waals surface area contributed by atoms with E-state index in [-0.39, 0.29) is 24.4 Å². The second-order valence-electron chi connectivity index (χ2n) is 9.28. The van der Waals surface area contributed by atoms with Gasteiger partial charge in [-0.1, -0.05) is 60.4 Å². The van der Waals surface area contributed by atoms with Gasteiger partial charge in [0.2, 0.25) is 0 Å². The number of carbonyl (C=O) groups is 1. The number of nitrogens with one attached hydrogen (secondary N) is 2. The van der Waals surface area contributed by atoms with Crippen LogP contribution in [0.2, 0.25) is 0 Å². The van der Waals surface area contributed by atoms with Crippen LogP contribution in [0, 0.1) is 11.8 Å². The van der Waals surface area contributed by atoms with E-state index in [9.17, 15) is 24.6 Å². The van der Waals surface area contributed by atoms with Crippen LogP contribution in [0.25, 0.3) is 32.3 Å². The van der Waals surface area contributed by atoms with Gasteiger partial charge in [0, 0.05) is 18.2 Å². The molecule has 9 heteroatoms. The number of aliphatic hydroxyl groups is 2. The van der Waals surface area contributed by atoms with Gasteiger partial charge in [0.25, 0.3) is 11.5 Å². The number of hydrogen-bond acceptors (Lipinski definition) is 6. The summed E-state index contributed by atoms with van der Waals surface area (Å²) in [7, 11) is 0. The van der Waals surface area contributed by atoms with Crippen LogP contribution >= 0.6 is 0 Å². The van der Waals surface area contributed by atoms with Gasteiger partial charge in [-0.3, -0.25) is 19.1 Å². The lowest BCUT2D eigenvalue weighted by Gasteiger charge is -2.14. The average molecular weight is 510 g/mol. The number of aliphatic hydroxyl groups excluding tert-OH is 2. The third-order valence-corrected chi connectivity index (χ3v) is 7.00. The van der Waals surface area contributed by atoms with Crippen molar-refractivity contribution in [3.05, 3.63) is 92.8 Å². The van der Waals surface area contributed by atoms with Crippen molar-refractivity contribution in [3.8, 4) is 11.8 Å². The lowest BCUT2D eigenvalue weighted by Crippen LogP contribution is -2.33. The van der Waals surface area contributed by atoms with Gasteiger partial charge in [0.1, 0.15) is 17.9 Å². The monoisotopic (exact) mass is 509 g/mol. The van der Waals surface area contributed by atoms with Crippen LogP contribution < -0.4 is 16.6 Å². The summed E-state index contributed by atoms with van der Waals surface area (Å²) in [6.45, 7) is -0.418. The minimum atomic E-state index is -0.937. The van der Waals surface area contributed by atoms with Crippen LogP contribution in [-0.4, -0.2) is 51.0 Å². The van der Waals surface area contributed by atoms with Gasteiger partial charge in [-0.25, -0.2) is 4.79 Å². The molecular formula is C29H23N3O6. The van der Waals surface area contributed by atoms with Gasteiger partial charge < -0.3 is 20.3 Å². The molecule has 190 valence electrons. The standard InChI is InChI=1S/C29H23N3O6/c33-15-23-22(34)13-24(38-23)32-14-19(27(35)31-29(32)37)5-2-12-30-28(36)21-11-9-18-7-6-16-3-1-4-17-8-10-20(21)26(18)25(16)17/h1,3-4,6-11,14,22-24,33-34H,12-13,15H2,(H,30,36)(H,31,35,37)/t22?,23-,24-/m0/s1. The summed E-state index contributed by atoms with van der Waals surface area (Å²) in [5, 5.41) is 28.3. The fourth-order valence-electron chi connectivity index (χ4n) is 5.13. The number of aromatic nitrogens is 2. The molecule has 0 spiro atoms. The fraction of sp³-hybridized carbons (Fsp3) is 0.207. The zero-order chi connectivity index (χ0) is 26.4. The van der Waals surface area contributed by atoms with E-state index in [0.717, 1.165) is 36.9 Å². The largest absolute Gasteiger partial charge is 0.394 e. The van der Waals surface area contributed by atoms with E-state index in [1.54, 1.807) is 6.07 Å². The second kappa shape index (κ2) is 9.43. The maximum absolute atomic E-state index is 13.1. The Morgan fingerprint density at radius 3 is 2.50 bits per heavy atom. The maximum atomic E-state index is 13.1. The molecule has 0 aliphatic carbocycles. The van der Waals surface area contributed by atoms with Crippen LogP contribution in [-0.2, 0) is 4.74 Å². The lowest BCUT2D eigenvalue weighted by atomic mass is 9.92. The predicted molar refractivity (Wildman–Crippen MR) is 142 cm³/mol. The molecule has 1 unspecified atom stereocenters. The first-order valence-electron chi connectivity index (χ1n) is 12.2. The smallest absolute Gasteiger partial charge is 0.330 e. The van der Waals surface area contributed by atoms with Gasteiger partial charge in [-0.15, -0.1) is 0 Å². The van der Waals surface area contributed by atoms with Gasteiger partial charge in [0.05, 0.1) is 19.3 Å². The summed E-state index contributed by atoms with van der Waals surface area (Å²) < 4.78 is 6.64. The number of carbonyl (C=O) groups excluding carboxylic acids is 1. The SMILES string of the molecule is O=C(NCC#Cc1cn([C@@H]2CC(O)[C@H](CO)O2)c(=O)[nH]c1=O)c1ccc2ccc3cccc4ccc1c2c34. The fourth-order valence-corrected chi connectivity index (χ4v) is 5.13. The van der Waals surface area contributed by atoms with E-state index in [2.05, 4.69) is 46.4 Å². The Hall–Kier alpha value is -4.49. The van der Waals surface area contributed by atoms with Crippen LogP contribution in [0.3, 0.4) is 0 Å². The van der Waals surface area contributed by atoms with E-state index < -0.39 is 36.3 Å². The normalized spacial score (nSPS) is 19.2. The first-order chi connectivity index (χ1) is 18.4. The zero-order valence-corrected chi connectivity index (χ0v) is 20.1. The number of ether oxygens (including phenoxy) is 1. The molecule has 6 rings (SSSR count). The van der Waals surface area contributed by atoms with Crippen molar-refractivity contribution in [3.63, 3.8) is 0 Å². The summed E-state index contributed by atoms with van der Waals surface area (Å²) >= 11 is 0. The topological polar surface area (TPSA) is 134 Å². The Kier molecular flexibility index (Phi) is 5.93. The van der Waals surface area contributed by atoms with E-state index in [1.165, 1.54) is 6.20 Å². The molecule has 1 aliphatic rings. The third kappa shape index (κ3) is 4.01. The second-order valence-corrected chi connectivity index (χ2v) is 9.28. The molecular weight excluding hydrogens is 486 g/mol. The molecule has 1 amide bonds. The molecule has 9 nitrogen and oxygen atoms in total. The molecule has 5 aromatic rings. The Bertz CT molecular complexity index is 1860. The van der Waals surface area contributed by atoms with Crippen molar-refractivity contribution in [1.29, 1.82) is 0 Å². The first-order valence-corrected chi connectivity index (χ1v) is 12.2. The molecule has 0 saturated carbocycles. The van der Waals surface area contributed by atoms with E-state index in [1.807, 2.05) is 24.3 Å². The van der Waals surface area contributed by atoms with Crippen molar-refractivity contribution in [1.82, 2.24) is 14.9 Å². The minimum Gasteiger partial charge on any atom is -0.394 e. The molecule has 0 bridgehead atoms. The molecule has 1 saturated heterocycles. The highest BCUT2D eigenvalue weighted by Crippen LogP contribution is 2.35. The molecule has 3 atom stereocenters. The summed E-state index contributed by atoms with van der Waals surface area (Å²) in [5.74, 6) is 5.16. The molecule has 4 aromatic carbocycles. The van der Waals surface area contributed by atoms with Crippen LogP contribution in [0.15, 0.2) is 70.4 Å². The maximum Gasteiger partial charge on any atom is 0.330 e. The van der Waals surface area contributed by atoms with Gasteiger partial charge in [-0.2, -0.15) is 0 Å². The number of nitrogens with zero attached hydrogens (tertiary/aromatic N) is 1. The van der Waals surface area contributed by atoms with Gasteiger partial charge in [0.15, 0.2) is 0 Å². The van der Waals surface area contributed by atoms with Gasteiger partial charge in [-0.05, 0) is 38.4 Å². The Labute approximate surface area is 215 Å². The van der Waals surface area contributed by atoms with Crippen molar-refractivity contribution < 1.29 is 19.7 Å². The highest BCUT2D eigenvalue weighted by atomic mass is 16.5. The minimum absolute atomic E-state index is 0.00659. The van der Waals surface area contributed by atoms with Crippen molar-refractivity contribution in [2.24, 2.45) is 0 Å². The Morgan fingerprint density at radius 1 is 1.05 bits per heavy atom. The van der Waals surface area contributed by atoms with Crippen molar-refractivity contribution >= 4 is 38.2 Å². The zero-order valence-electron chi connectivity index (χ0n) is 20.1. The molecule has 38 heavy (non-hydrogen) atoms. The van der Waals surface area contributed by atoms with E-state index in [0.29, 0.717) is 5.56 Å². The number of rotatable bonds is 4. The van der Waals surface area contributed by atoms with Crippen LogP contribution in [0.1, 0.15) is 28.6 Å². The van der Waals surface area contributed by atoms with E-state index >= 15 is 0 Å². The number of benzene rings is 4. The molecule has 1 fully saturated rings. The lowest BCUT2D eigenvalue weighted by molar-refractivity contribution is -0.0459. The first kappa shape index (κ1) is 23.9. The Morgan fingerprint density at radius 2 is 1.76 bits per heavy atom.